The molecular weight excluding hydrogens is 268 g/mol. The molecule has 0 aliphatic rings. The van der Waals surface area contributed by atoms with Gasteiger partial charge < -0.3 is 15.0 Å². The van der Waals surface area contributed by atoms with Gasteiger partial charge in [0.1, 0.15) is 5.69 Å². The molecule has 1 heterocycles. The molecule has 0 aliphatic heterocycles. The number of carbonyl (C=O) groups excluding carboxylic acids is 1. The number of anilines is 1. The molecule has 1 aromatic carbocycles. The minimum Gasteiger partial charge on any atom is -0.478 e. The Morgan fingerprint density at radius 2 is 1.95 bits per heavy atom. The van der Waals surface area contributed by atoms with Crippen molar-refractivity contribution in [3.05, 3.63) is 53.3 Å². The first kappa shape index (κ1) is 14.8. The lowest BCUT2D eigenvalue weighted by atomic mass is 10.1. The van der Waals surface area contributed by atoms with E-state index >= 15 is 0 Å². The van der Waals surface area contributed by atoms with Crippen molar-refractivity contribution in [3.63, 3.8) is 0 Å². The van der Waals surface area contributed by atoms with Crippen LogP contribution in [-0.2, 0) is 0 Å². The predicted octanol–water partition coefficient (Wildman–Crippen LogP) is 3.33. The molecule has 0 bridgehead atoms. The second-order valence-corrected chi connectivity index (χ2v) is 5.18. The van der Waals surface area contributed by atoms with Gasteiger partial charge in [-0.05, 0) is 56.7 Å². The first-order valence-corrected chi connectivity index (χ1v) is 6.72. The Morgan fingerprint density at radius 1 is 1.24 bits per heavy atom. The number of hydrogen-bond donors (Lipinski definition) is 2. The van der Waals surface area contributed by atoms with Gasteiger partial charge in [-0.3, -0.25) is 4.79 Å². The second kappa shape index (κ2) is 5.83. The Bertz CT molecular complexity index is 687. The van der Waals surface area contributed by atoms with Crippen LogP contribution in [0.1, 0.15) is 46.3 Å². The fraction of sp³-hybridized carbons (Fsp3) is 0.250. The zero-order chi connectivity index (χ0) is 15.6. The molecule has 2 rings (SSSR count). The second-order valence-electron chi connectivity index (χ2n) is 5.18. The van der Waals surface area contributed by atoms with Gasteiger partial charge in [0, 0.05) is 17.9 Å². The summed E-state index contributed by atoms with van der Waals surface area (Å²) in [6.45, 7) is 5.77. The number of aryl methyl sites for hydroxylation is 1. The van der Waals surface area contributed by atoms with Gasteiger partial charge in [-0.15, -0.1) is 0 Å². The highest BCUT2D eigenvalue weighted by atomic mass is 16.4. The topological polar surface area (TPSA) is 71.3 Å². The molecule has 0 spiro atoms. The summed E-state index contributed by atoms with van der Waals surface area (Å²) in [4.78, 5) is 23.2. The number of rotatable bonds is 4. The number of carbonyl (C=O) groups is 2. The smallest absolute Gasteiger partial charge is 0.335 e. The monoisotopic (exact) mass is 286 g/mol. The Hall–Kier alpha value is -2.56. The van der Waals surface area contributed by atoms with Crippen LogP contribution in [0.3, 0.4) is 0 Å². The van der Waals surface area contributed by atoms with E-state index < -0.39 is 5.97 Å². The number of carboxylic acid groups (broad SMARTS) is 1. The number of amides is 1. The molecule has 0 saturated heterocycles. The Morgan fingerprint density at radius 3 is 2.52 bits per heavy atom. The number of benzene rings is 1. The summed E-state index contributed by atoms with van der Waals surface area (Å²) in [5, 5.41) is 11.8. The molecule has 0 saturated carbocycles. The van der Waals surface area contributed by atoms with Gasteiger partial charge in [0.25, 0.3) is 5.91 Å². The highest BCUT2D eigenvalue weighted by Crippen LogP contribution is 2.19. The van der Waals surface area contributed by atoms with E-state index in [-0.39, 0.29) is 17.5 Å². The van der Waals surface area contributed by atoms with Crippen LogP contribution in [0.5, 0.6) is 0 Å². The molecule has 0 fully saturated rings. The van der Waals surface area contributed by atoms with Gasteiger partial charge in [-0.25, -0.2) is 4.79 Å². The summed E-state index contributed by atoms with van der Waals surface area (Å²) in [5.74, 6) is -1.19. The maximum absolute atomic E-state index is 12.3. The van der Waals surface area contributed by atoms with Crippen molar-refractivity contribution in [2.24, 2.45) is 0 Å². The Kier molecular flexibility index (Phi) is 4.12. The summed E-state index contributed by atoms with van der Waals surface area (Å²) in [5.41, 5.74) is 2.11. The average molecular weight is 286 g/mol. The number of hydrogen-bond acceptors (Lipinski definition) is 2. The van der Waals surface area contributed by atoms with E-state index in [2.05, 4.69) is 5.32 Å². The average Bonchev–Trinajstić information content (AvgIpc) is 2.90. The highest BCUT2D eigenvalue weighted by molar-refractivity contribution is 6.04. The number of aromatic nitrogens is 1. The predicted molar refractivity (Wildman–Crippen MR) is 80.9 cm³/mol. The molecule has 110 valence electrons. The molecule has 2 aromatic rings. The Labute approximate surface area is 123 Å². The van der Waals surface area contributed by atoms with E-state index in [1.54, 1.807) is 25.1 Å². The van der Waals surface area contributed by atoms with Gasteiger partial charge in [0.15, 0.2) is 0 Å². The van der Waals surface area contributed by atoms with E-state index in [0.29, 0.717) is 16.9 Å². The van der Waals surface area contributed by atoms with Crippen molar-refractivity contribution in [2.45, 2.75) is 26.8 Å². The molecule has 1 amide bonds. The van der Waals surface area contributed by atoms with Gasteiger partial charge in [-0.2, -0.15) is 0 Å². The minimum atomic E-state index is -0.982. The molecule has 1 aromatic heterocycles. The fourth-order valence-electron chi connectivity index (χ4n) is 2.16. The number of nitrogens with zero attached hydrogens (tertiary/aromatic N) is 1. The lowest BCUT2D eigenvalue weighted by Crippen LogP contribution is -2.18. The zero-order valence-electron chi connectivity index (χ0n) is 12.3. The van der Waals surface area contributed by atoms with Crippen LogP contribution in [0.15, 0.2) is 36.5 Å². The highest BCUT2D eigenvalue weighted by Gasteiger charge is 2.14. The summed E-state index contributed by atoms with van der Waals surface area (Å²) in [6.07, 6.45) is 1.86. The van der Waals surface area contributed by atoms with Gasteiger partial charge in [0.05, 0.1) is 5.56 Å². The summed E-state index contributed by atoms with van der Waals surface area (Å²) in [6, 6.07) is 8.41. The molecule has 21 heavy (non-hydrogen) atoms. The first-order chi connectivity index (χ1) is 9.90. The SMILES string of the molecule is Cc1cc(C(=O)O)ccc1NC(=O)c1cccn1C(C)C. The number of aromatic carboxylic acids is 1. The van der Waals surface area contributed by atoms with E-state index in [1.165, 1.54) is 6.07 Å². The summed E-state index contributed by atoms with van der Waals surface area (Å²) < 4.78 is 1.89. The van der Waals surface area contributed by atoms with Crippen molar-refractivity contribution in [1.82, 2.24) is 4.57 Å². The van der Waals surface area contributed by atoms with E-state index in [4.69, 9.17) is 5.11 Å². The van der Waals surface area contributed by atoms with Crippen molar-refractivity contribution in [2.75, 3.05) is 5.32 Å². The first-order valence-electron chi connectivity index (χ1n) is 6.72. The molecule has 2 N–H and O–H groups in total. The summed E-state index contributed by atoms with van der Waals surface area (Å²) >= 11 is 0. The van der Waals surface area contributed by atoms with Crippen LogP contribution in [0.2, 0.25) is 0 Å². The third-order valence-corrected chi connectivity index (χ3v) is 3.29. The third kappa shape index (κ3) is 3.13. The van der Waals surface area contributed by atoms with Crippen LogP contribution in [0.25, 0.3) is 0 Å². The maximum Gasteiger partial charge on any atom is 0.335 e. The van der Waals surface area contributed by atoms with E-state index in [1.807, 2.05) is 30.7 Å². The normalized spacial score (nSPS) is 10.7. The lowest BCUT2D eigenvalue weighted by molar-refractivity contribution is 0.0696. The van der Waals surface area contributed by atoms with Crippen molar-refractivity contribution >= 4 is 17.6 Å². The molecule has 0 atom stereocenters. The van der Waals surface area contributed by atoms with Crippen molar-refractivity contribution in [1.29, 1.82) is 0 Å². The molecule has 5 nitrogen and oxygen atoms in total. The standard InChI is InChI=1S/C16H18N2O3/c1-10(2)18-8-4-5-14(18)15(19)17-13-7-6-12(16(20)21)9-11(13)3/h4-10H,1-3H3,(H,17,19)(H,20,21). The van der Waals surface area contributed by atoms with Gasteiger partial charge >= 0.3 is 5.97 Å². The van der Waals surface area contributed by atoms with Crippen molar-refractivity contribution in [3.8, 4) is 0 Å². The van der Waals surface area contributed by atoms with Crippen LogP contribution in [0, 0.1) is 6.92 Å². The number of nitrogens with one attached hydrogen (secondary N) is 1. The quantitative estimate of drug-likeness (QED) is 0.905. The van der Waals surface area contributed by atoms with E-state index in [0.717, 1.165) is 0 Å². The number of carboxylic acids is 1. The van der Waals surface area contributed by atoms with Gasteiger partial charge in [0.2, 0.25) is 0 Å². The zero-order valence-corrected chi connectivity index (χ0v) is 12.3. The fourth-order valence-corrected chi connectivity index (χ4v) is 2.16. The van der Waals surface area contributed by atoms with Crippen LogP contribution < -0.4 is 5.32 Å². The largest absolute Gasteiger partial charge is 0.478 e. The third-order valence-electron chi connectivity index (χ3n) is 3.29. The molecule has 5 heteroatoms. The Balaban J connectivity index is 2.24. The lowest BCUT2D eigenvalue weighted by Gasteiger charge is -2.14. The summed E-state index contributed by atoms with van der Waals surface area (Å²) in [7, 11) is 0. The van der Waals surface area contributed by atoms with Crippen LogP contribution in [-0.4, -0.2) is 21.6 Å². The molecule has 0 aliphatic carbocycles. The van der Waals surface area contributed by atoms with Crippen LogP contribution >= 0.6 is 0 Å². The van der Waals surface area contributed by atoms with Gasteiger partial charge in [-0.1, -0.05) is 0 Å². The molecule has 0 unspecified atom stereocenters. The van der Waals surface area contributed by atoms with Crippen molar-refractivity contribution < 1.29 is 14.7 Å². The minimum absolute atomic E-state index is 0.191. The van der Waals surface area contributed by atoms with E-state index in [9.17, 15) is 9.59 Å². The maximum atomic E-state index is 12.3. The molecular formula is C16H18N2O3. The van der Waals surface area contributed by atoms with Crippen LogP contribution in [0.4, 0.5) is 5.69 Å². The molecule has 0 radical (unpaired) electrons.